The second-order valence-electron chi connectivity index (χ2n) is 5.90. The molecule has 0 unspecified atom stereocenters. The molecule has 6 nitrogen and oxygen atoms in total. The molecule has 3 rings (SSSR count). The Morgan fingerprint density at radius 2 is 2.08 bits per heavy atom. The number of alkyl halides is 2. The fourth-order valence-corrected chi connectivity index (χ4v) is 2.68. The van der Waals surface area contributed by atoms with Crippen LogP contribution in [0.15, 0.2) is 24.3 Å². The zero-order valence-corrected chi connectivity index (χ0v) is 12.7. The van der Waals surface area contributed by atoms with Gasteiger partial charge in [-0.15, -0.1) is 0 Å². The van der Waals surface area contributed by atoms with Gasteiger partial charge in [0.15, 0.2) is 0 Å². The standard InChI is InChI=1S/C16H15F2N3O3/c17-13(18)14(22)20-7-12-8-21(15(23)24-12)11-3-1-10(2-4-11)16(9-19)5-6-16/h1-4,12-13H,5-8H2,(H,20,22)/t12-/m0/s1. The number of nitrogens with one attached hydrogen (secondary N) is 1. The Morgan fingerprint density at radius 1 is 1.42 bits per heavy atom. The van der Waals surface area contributed by atoms with Crippen LogP contribution in [0, 0.1) is 11.3 Å². The molecule has 126 valence electrons. The van der Waals surface area contributed by atoms with Crippen molar-refractivity contribution in [1.29, 1.82) is 5.26 Å². The molecule has 1 aliphatic carbocycles. The first-order valence-electron chi connectivity index (χ1n) is 7.51. The minimum absolute atomic E-state index is 0.158. The van der Waals surface area contributed by atoms with Crippen LogP contribution in [0.5, 0.6) is 0 Å². The minimum Gasteiger partial charge on any atom is -0.442 e. The Bertz CT molecular complexity index is 696. The highest BCUT2D eigenvalue weighted by atomic mass is 19.3. The molecule has 0 aromatic heterocycles. The summed E-state index contributed by atoms with van der Waals surface area (Å²) in [5, 5.41) is 11.2. The van der Waals surface area contributed by atoms with E-state index >= 15 is 0 Å². The number of halogens is 2. The molecule has 24 heavy (non-hydrogen) atoms. The Hall–Kier alpha value is -2.69. The van der Waals surface area contributed by atoms with Crippen molar-refractivity contribution in [2.24, 2.45) is 0 Å². The van der Waals surface area contributed by atoms with Gasteiger partial charge in [-0.25, -0.2) is 4.79 Å². The van der Waals surface area contributed by atoms with E-state index in [1.165, 1.54) is 4.90 Å². The van der Waals surface area contributed by atoms with Gasteiger partial charge in [-0.3, -0.25) is 9.69 Å². The quantitative estimate of drug-likeness (QED) is 0.891. The molecule has 2 amide bonds. The molecule has 2 fully saturated rings. The molecule has 1 atom stereocenters. The molecule has 1 aromatic carbocycles. The van der Waals surface area contributed by atoms with Crippen molar-refractivity contribution >= 4 is 17.7 Å². The van der Waals surface area contributed by atoms with E-state index in [2.05, 4.69) is 6.07 Å². The van der Waals surface area contributed by atoms with Crippen molar-refractivity contribution in [1.82, 2.24) is 5.32 Å². The lowest BCUT2D eigenvalue weighted by Gasteiger charge is -2.14. The van der Waals surface area contributed by atoms with Crippen LogP contribution >= 0.6 is 0 Å². The first-order valence-corrected chi connectivity index (χ1v) is 7.51. The van der Waals surface area contributed by atoms with Crippen LogP contribution in [-0.2, 0) is 14.9 Å². The monoisotopic (exact) mass is 335 g/mol. The number of carbonyl (C=O) groups is 2. The fraction of sp³-hybridized carbons (Fsp3) is 0.438. The van der Waals surface area contributed by atoms with Crippen LogP contribution in [0.25, 0.3) is 0 Å². The number of carbonyl (C=O) groups excluding carboxylic acids is 2. The Morgan fingerprint density at radius 3 is 2.62 bits per heavy atom. The van der Waals surface area contributed by atoms with Crippen LogP contribution in [0.3, 0.4) is 0 Å². The van der Waals surface area contributed by atoms with Gasteiger partial charge in [0.1, 0.15) is 6.10 Å². The summed E-state index contributed by atoms with van der Waals surface area (Å²) in [6.45, 7) is -0.00781. The van der Waals surface area contributed by atoms with E-state index < -0.39 is 29.9 Å². The number of amides is 2. The van der Waals surface area contributed by atoms with E-state index in [4.69, 9.17) is 4.74 Å². The maximum Gasteiger partial charge on any atom is 0.414 e. The second-order valence-corrected chi connectivity index (χ2v) is 5.90. The maximum absolute atomic E-state index is 12.1. The first-order chi connectivity index (χ1) is 11.4. The van der Waals surface area contributed by atoms with E-state index in [0.29, 0.717) is 5.69 Å². The third-order valence-corrected chi connectivity index (χ3v) is 4.27. The molecule has 0 radical (unpaired) electrons. The van der Waals surface area contributed by atoms with Gasteiger partial charge in [0.25, 0.3) is 5.91 Å². The molecule has 1 saturated heterocycles. The van der Waals surface area contributed by atoms with E-state index in [1.807, 2.05) is 17.4 Å². The van der Waals surface area contributed by atoms with Crippen molar-refractivity contribution in [3.63, 3.8) is 0 Å². The molecule has 8 heteroatoms. The fourth-order valence-electron chi connectivity index (χ4n) is 2.68. The second kappa shape index (κ2) is 6.07. The van der Waals surface area contributed by atoms with Gasteiger partial charge in [-0.1, -0.05) is 12.1 Å². The lowest BCUT2D eigenvalue weighted by atomic mass is 9.97. The van der Waals surface area contributed by atoms with Crippen LogP contribution in [0.4, 0.5) is 19.3 Å². The normalized spacial score (nSPS) is 21.3. The molecule has 1 aliphatic heterocycles. The lowest BCUT2D eigenvalue weighted by molar-refractivity contribution is -0.132. The Balaban J connectivity index is 1.62. The molecule has 1 heterocycles. The SMILES string of the molecule is N#CC1(c2ccc(N3C[C@H](CNC(=O)C(F)F)OC3=O)cc2)CC1. The van der Waals surface area contributed by atoms with Gasteiger partial charge in [-0.05, 0) is 30.5 Å². The molecule has 0 spiro atoms. The summed E-state index contributed by atoms with van der Waals surface area (Å²) in [4.78, 5) is 24.1. The average molecular weight is 335 g/mol. The van der Waals surface area contributed by atoms with Crippen LogP contribution in [0.2, 0.25) is 0 Å². The summed E-state index contributed by atoms with van der Waals surface area (Å²) in [5.74, 6) is -1.39. The van der Waals surface area contributed by atoms with Crippen molar-refractivity contribution < 1.29 is 23.1 Å². The number of rotatable bonds is 5. The molecular weight excluding hydrogens is 320 g/mol. The predicted octanol–water partition coefficient (Wildman–Crippen LogP) is 1.95. The number of nitriles is 1. The zero-order valence-electron chi connectivity index (χ0n) is 12.7. The number of nitrogens with zero attached hydrogens (tertiary/aromatic N) is 2. The zero-order chi connectivity index (χ0) is 17.3. The van der Waals surface area contributed by atoms with Gasteiger partial charge < -0.3 is 10.1 Å². The maximum atomic E-state index is 12.1. The van der Waals surface area contributed by atoms with Gasteiger partial charge in [0.05, 0.1) is 24.6 Å². The predicted molar refractivity (Wildman–Crippen MR) is 79.6 cm³/mol. The first kappa shape index (κ1) is 16.2. The molecule has 2 aliphatic rings. The van der Waals surface area contributed by atoms with E-state index in [9.17, 15) is 23.6 Å². The molecule has 1 saturated carbocycles. The summed E-state index contributed by atoms with van der Waals surface area (Å²) in [7, 11) is 0. The summed E-state index contributed by atoms with van der Waals surface area (Å²) >= 11 is 0. The largest absolute Gasteiger partial charge is 0.442 e. The molecule has 1 aromatic rings. The number of hydrogen-bond acceptors (Lipinski definition) is 4. The topological polar surface area (TPSA) is 82.4 Å². The van der Waals surface area contributed by atoms with Crippen molar-refractivity contribution in [2.45, 2.75) is 30.8 Å². The smallest absolute Gasteiger partial charge is 0.414 e. The molecule has 0 bridgehead atoms. The van der Waals surface area contributed by atoms with Crippen LogP contribution < -0.4 is 10.2 Å². The van der Waals surface area contributed by atoms with E-state index in [0.717, 1.165) is 18.4 Å². The van der Waals surface area contributed by atoms with Crippen LogP contribution in [-0.4, -0.2) is 37.6 Å². The number of ether oxygens (including phenoxy) is 1. The van der Waals surface area contributed by atoms with Gasteiger partial charge >= 0.3 is 12.5 Å². The summed E-state index contributed by atoms with van der Waals surface area (Å²) in [5.41, 5.74) is 1.12. The highest BCUT2D eigenvalue weighted by Gasteiger charge is 2.45. The molecule has 1 N–H and O–H groups in total. The van der Waals surface area contributed by atoms with E-state index in [-0.39, 0.29) is 13.1 Å². The molecular formula is C16H15F2N3O3. The highest BCUT2D eigenvalue weighted by Crippen LogP contribution is 2.47. The van der Waals surface area contributed by atoms with Crippen molar-refractivity contribution in [2.75, 3.05) is 18.0 Å². The van der Waals surface area contributed by atoms with Crippen molar-refractivity contribution in [3.05, 3.63) is 29.8 Å². The summed E-state index contributed by atoms with van der Waals surface area (Å²) in [6.07, 6.45) is -2.71. The van der Waals surface area contributed by atoms with Gasteiger partial charge in [0.2, 0.25) is 0 Å². The lowest BCUT2D eigenvalue weighted by Crippen LogP contribution is -2.37. The van der Waals surface area contributed by atoms with E-state index in [1.54, 1.807) is 12.1 Å². The Kier molecular flexibility index (Phi) is 4.09. The summed E-state index contributed by atoms with van der Waals surface area (Å²) in [6, 6.07) is 9.38. The number of benzene rings is 1. The number of cyclic esters (lactones) is 1. The number of hydrogen-bond donors (Lipinski definition) is 1. The third-order valence-electron chi connectivity index (χ3n) is 4.27. The Labute approximate surface area is 137 Å². The van der Waals surface area contributed by atoms with Crippen molar-refractivity contribution in [3.8, 4) is 6.07 Å². The summed E-state index contributed by atoms with van der Waals surface area (Å²) < 4.78 is 29.3. The minimum atomic E-state index is -3.10. The van der Waals surface area contributed by atoms with Gasteiger partial charge in [-0.2, -0.15) is 14.0 Å². The number of anilines is 1. The highest BCUT2D eigenvalue weighted by molar-refractivity contribution is 5.90. The van der Waals surface area contributed by atoms with Gasteiger partial charge in [0, 0.05) is 5.69 Å². The third kappa shape index (κ3) is 3.02. The van der Waals surface area contributed by atoms with Crippen LogP contribution in [0.1, 0.15) is 18.4 Å². The average Bonchev–Trinajstić information content (AvgIpc) is 3.30.